The standard InChI is InChI=1S/C40H41ClN10O4S/c1-48-36-20-29(7-9-34(36)38(47-48)51-19-14-37(52)46-40(51)53)27-10-15-49(16-11-27)25-26-2-4-28(5-3-26)35-21-33(8-6-30(35)22-42)56(54,55)50-17-12-32(13-18-50)45-39-43-23-31(41)24-44-39/h2-9,20-21,23-24,27,32H,10-19,25H2,1H3,(H,43,44,45)(H,46,52,53). The summed E-state index contributed by atoms with van der Waals surface area (Å²) < 4.78 is 30.8. The zero-order valence-corrected chi connectivity index (χ0v) is 32.4. The lowest BCUT2D eigenvalue weighted by Crippen LogP contribution is -2.49. The molecule has 3 aromatic carbocycles. The van der Waals surface area contributed by atoms with Gasteiger partial charge in [0.2, 0.25) is 21.9 Å². The fraction of sp³-hybridized carbons (Fsp3) is 0.350. The van der Waals surface area contributed by atoms with Gasteiger partial charge in [-0.25, -0.2) is 23.2 Å². The van der Waals surface area contributed by atoms with Crippen molar-refractivity contribution in [3.05, 3.63) is 94.8 Å². The zero-order chi connectivity index (χ0) is 39.0. The molecule has 0 spiro atoms. The second-order valence-electron chi connectivity index (χ2n) is 14.6. The first-order valence-electron chi connectivity index (χ1n) is 18.7. The van der Waals surface area contributed by atoms with Crippen LogP contribution in [-0.4, -0.2) is 88.1 Å². The molecule has 3 saturated heterocycles. The highest BCUT2D eigenvalue weighted by molar-refractivity contribution is 7.89. The maximum absolute atomic E-state index is 13.8. The van der Waals surface area contributed by atoms with Crippen LogP contribution in [0.1, 0.15) is 54.7 Å². The number of hydrogen-bond donors (Lipinski definition) is 2. The van der Waals surface area contributed by atoms with Crippen LogP contribution in [0.15, 0.2) is 78.0 Å². The zero-order valence-electron chi connectivity index (χ0n) is 30.9. The van der Waals surface area contributed by atoms with Gasteiger partial charge in [0.05, 0.1) is 39.5 Å². The minimum absolute atomic E-state index is 0.0358. The predicted molar refractivity (Wildman–Crippen MR) is 213 cm³/mol. The molecular weight excluding hydrogens is 752 g/mol. The molecule has 5 aromatic rings. The van der Waals surface area contributed by atoms with Gasteiger partial charge in [-0.05, 0) is 91.7 Å². The summed E-state index contributed by atoms with van der Waals surface area (Å²) in [6, 6.07) is 20.9. The van der Waals surface area contributed by atoms with Crippen LogP contribution in [0.2, 0.25) is 5.02 Å². The molecule has 0 atom stereocenters. The first-order valence-corrected chi connectivity index (χ1v) is 20.6. The van der Waals surface area contributed by atoms with E-state index in [0.29, 0.717) is 66.3 Å². The molecule has 0 saturated carbocycles. The Kier molecular flexibility index (Phi) is 10.5. The molecule has 5 heterocycles. The molecule has 2 N–H and O–H groups in total. The number of urea groups is 1. The van der Waals surface area contributed by atoms with E-state index in [1.165, 1.54) is 33.2 Å². The lowest BCUT2D eigenvalue weighted by Gasteiger charge is -2.32. The van der Waals surface area contributed by atoms with Crippen molar-refractivity contribution < 1.29 is 18.0 Å². The summed E-state index contributed by atoms with van der Waals surface area (Å²) in [6.45, 7) is 3.65. The SMILES string of the molecule is Cn1nc(N2CCC(=O)NC2=O)c2ccc(C3CCN(Cc4ccc(-c5cc(S(=O)(=O)N6CCC(Nc7ncc(Cl)cn7)CC6)ccc5C#N)cc4)CC3)cc21. The van der Waals surface area contributed by atoms with Gasteiger partial charge in [-0.2, -0.15) is 14.7 Å². The van der Waals surface area contributed by atoms with Gasteiger partial charge in [-0.3, -0.25) is 24.6 Å². The molecule has 0 unspecified atom stereocenters. The normalized spacial score (nSPS) is 17.9. The summed E-state index contributed by atoms with van der Waals surface area (Å²) in [5.41, 5.74) is 5.13. The third-order valence-corrected chi connectivity index (χ3v) is 13.1. The highest BCUT2D eigenvalue weighted by atomic mass is 35.5. The van der Waals surface area contributed by atoms with E-state index in [4.69, 9.17) is 11.6 Å². The quantitative estimate of drug-likeness (QED) is 0.190. The Morgan fingerprint density at radius 2 is 1.66 bits per heavy atom. The van der Waals surface area contributed by atoms with Gasteiger partial charge >= 0.3 is 6.03 Å². The predicted octanol–water partition coefficient (Wildman–Crippen LogP) is 5.65. The summed E-state index contributed by atoms with van der Waals surface area (Å²) in [5, 5.41) is 21.5. The number of likely N-dealkylation sites (tertiary alicyclic amines) is 1. The van der Waals surface area contributed by atoms with E-state index in [1.54, 1.807) is 16.8 Å². The van der Waals surface area contributed by atoms with Crippen LogP contribution in [-0.2, 0) is 28.4 Å². The number of nitriles is 1. The van der Waals surface area contributed by atoms with Gasteiger partial charge in [-0.15, -0.1) is 0 Å². The van der Waals surface area contributed by atoms with E-state index in [2.05, 4.69) is 60.9 Å². The average Bonchev–Trinajstić information content (AvgIpc) is 3.54. The third kappa shape index (κ3) is 7.70. The van der Waals surface area contributed by atoms with Crippen molar-refractivity contribution in [2.75, 3.05) is 42.9 Å². The van der Waals surface area contributed by atoms with Gasteiger partial charge in [0, 0.05) is 56.6 Å². The Morgan fingerprint density at radius 3 is 2.36 bits per heavy atom. The van der Waals surface area contributed by atoms with Gasteiger partial charge in [0.25, 0.3) is 0 Å². The monoisotopic (exact) mass is 792 g/mol. The Balaban J connectivity index is 0.885. The van der Waals surface area contributed by atoms with Gasteiger partial charge in [0.15, 0.2) is 5.82 Å². The second-order valence-corrected chi connectivity index (χ2v) is 17.0. The Bertz CT molecular complexity index is 2430. The maximum atomic E-state index is 13.8. The molecular formula is C40H41ClN10O4S. The summed E-state index contributed by atoms with van der Waals surface area (Å²) in [6.07, 6.45) is 6.49. The van der Waals surface area contributed by atoms with Crippen molar-refractivity contribution in [2.24, 2.45) is 7.05 Å². The van der Waals surface area contributed by atoms with Crippen LogP contribution in [0.4, 0.5) is 16.6 Å². The van der Waals surface area contributed by atoms with Crippen LogP contribution >= 0.6 is 11.6 Å². The number of hydrogen-bond acceptors (Lipinski definition) is 10. The maximum Gasteiger partial charge on any atom is 0.329 e. The summed E-state index contributed by atoms with van der Waals surface area (Å²) >= 11 is 5.89. The molecule has 56 heavy (non-hydrogen) atoms. The van der Waals surface area contributed by atoms with Gasteiger partial charge in [0.1, 0.15) is 0 Å². The van der Waals surface area contributed by atoms with Crippen molar-refractivity contribution in [3.8, 4) is 17.2 Å². The first kappa shape index (κ1) is 37.5. The molecule has 0 bridgehead atoms. The summed E-state index contributed by atoms with van der Waals surface area (Å²) in [7, 11) is -1.91. The molecule has 288 valence electrons. The lowest BCUT2D eigenvalue weighted by atomic mass is 9.88. The van der Waals surface area contributed by atoms with Crippen molar-refractivity contribution in [3.63, 3.8) is 0 Å². The minimum Gasteiger partial charge on any atom is -0.351 e. The van der Waals surface area contributed by atoms with Crippen LogP contribution in [0.25, 0.3) is 22.0 Å². The number of sulfonamides is 1. The number of rotatable bonds is 9. The first-order chi connectivity index (χ1) is 27.0. The van der Waals surface area contributed by atoms with Crippen LogP contribution in [0, 0.1) is 11.3 Å². The van der Waals surface area contributed by atoms with Crippen molar-refractivity contribution in [1.82, 2.24) is 34.3 Å². The number of nitrogens with zero attached hydrogens (tertiary/aromatic N) is 8. The van der Waals surface area contributed by atoms with E-state index >= 15 is 0 Å². The molecule has 3 aliphatic rings. The minimum atomic E-state index is -3.78. The molecule has 16 heteroatoms. The number of benzene rings is 3. The van der Waals surface area contributed by atoms with Crippen molar-refractivity contribution >= 4 is 56.2 Å². The smallest absolute Gasteiger partial charge is 0.329 e. The fourth-order valence-electron chi connectivity index (χ4n) is 7.93. The largest absolute Gasteiger partial charge is 0.351 e. The average molecular weight is 793 g/mol. The number of carbonyl (C=O) groups excluding carboxylic acids is 2. The Morgan fingerprint density at radius 1 is 0.929 bits per heavy atom. The van der Waals surface area contributed by atoms with Crippen LogP contribution in [0.3, 0.4) is 0 Å². The molecule has 8 rings (SSSR count). The number of aryl methyl sites for hydroxylation is 1. The number of aromatic nitrogens is 4. The molecule has 0 radical (unpaired) electrons. The highest BCUT2D eigenvalue weighted by Crippen LogP contribution is 2.35. The number of anilines is 2. The van der Waals surface area contributed by atoms with E-state index in [9.17, 15) is 23.3 Å². The third-order valence-electron chi connectivity index (χ3n) is 11.1. The van der Waals surface area contributed by atoms with Crippen molar-refractivity contribution in [1.29, 1.82) is 5.26 Å². The van der Waals surface area contributed by atoms with E-state index < -0.39 is 16.1 Å². The number of nitrogens with one attached hydrogen (secondary N) is 2. The molecule has 2 aromatic heterocycles. The summed E-state index contributed by atoms with van der Waals surface area (Å²) in [4.78, 5) is 36.7. The number of imide groups is 1. The molecule has 0 aliphatic carbocycles. The number of fused-ring (bicyclic) bond motifs is 1. The number of piperidine rings is 2. The van der Waals surface area contributed by atoms with E-state index in [0.717, 1.165) is 54.5 Å². The lowest BCUT2D eigenvalue weighted by molar-refractivity contribution is -0.120. The molecule has 3 fully saturated rings. The highest BCUT2D eigenvalue weighted by Gasteiger charge is 2.31. The Labute approximate surface area is 330 Å². The topological polar surface area (TPSA) is 169 Å². The van der Waals surface area contributed by atoms with E-state index in [-0.39, 0.29) is 23.3 Å². The fourth-order valence-corrected chi connectivity index (χ4v) is 9.52. The van der Waals surface area contributed by atoms with Crippen LogP contribution in [0.5, 0.6) is 0 Å². The van der Waals surface area contributed by atoms with Gasteiger partial charge < -0.3 is 5.32 Å². The van der Waals surface area contributed by atoms with Crippen molar-refractivity contribution in [2.45, 2.75) is 55.5 Å². The molecule has 14 nitrogen and oxygen atoms in total. The number of carbonyl (C=O) groups is 2. The molecule has 3 amide bonds. The van der Waals surface area contributed by atoms with Crippen LogP contribution < -0.4 is 15.5 Å². The Hall–Kier alpha value is -5.40. The summed E-state index contributed by atoms with van der Waals surface area (Å²) in [5.74, 6) is 1.15. The van der Waals surface area contributed by atoms with E-state index in [1.807, 2.05) is 25.2 Å². The number of amides is 3. The second kappa shape index (κ2) is 15.6. The van der Waals surface area contributed by atoms with Gasteiger partial charge in [-0.1, -0.05) is 41.9 Å². The number of halogens is 1. The molecule has 3 aliphatic heterocycles.